The van der Waals surface area contributed by atoms with Crippen molar-refractivity contribution in [1.29, 1.82) is 0 Å². The molecular formula is C20H38N2O. The predicted molar refractivity (Wildman–Crippen MR) is 102 cm³/mol. The SMILES string of the molecule is CCC/C=C(\C(=N/NCC(=O)C(C)CC)C(C)(C)C)C(C)(C)C. The first-order valence-corrected chi connectivity index (χ1v) is 8.99. The van der Waals surface area contributed by atoms with Gasteiger partial charge in [-0.3, -0.25) is 4.79 Å². The molecule has 23 heavy (non-hydrogen) atoms. The lowest BCUT2D eigenvalue weighted by molar-refractivity contribution is -0.121. The highest BCUT2D eigenvalue weighted by molar-refractivity contribution is 6.04. The van der Waals surface area contributed by atoms with Gasteiger partial charge in [0.25, 0.3) is 0 Å². The molecule has 1 unspecified atom stereocenters. The molecule has 0 spiro atoms. The quantitative estimate of drug-likeness (QED) is 0.482. The normalized spacial score (nSPS) is 15.5. The van der Waals surface area contributed by atoms with Crippen molar-refractivity contribution in [2.45, 2.75) is 81.6 Å². The predicted octanol–water partition coefficient (Wildman–Crippen LogP) is 5.37. The minimum Gasteiger partial charge on any atom is -0.302 e. The summed E-state index contributed by atoms with van der Waals surface area (Å²) in [7, 11) is 0. The van der Waals surface area contributed by atoms with Gasteiger partial charge in [-0.1, -0.05) is 74.8 Å². The van der Waals surface area contributed by atoms with Gasteiger partial charge in [0.05, 0.1) is 12.3 Å². The van der Waals surface area contributed by atoms with Gasteiger partial charge in [0, 0.05) is 11.3 Å². The molecule has 0 aromatic carbocycles. The molecule has 0 saturated heterocycles. The van der Waals surface area contributed by atoms with Crippen LogP contribution in [0.15, 0.2) is 16.8 Å². The van der Waals surface area contributed by atoms with E-state index in [1.54, 1.807) is 0 Å². The average Bonchev–Trinajstić information content (AvgIpc) is 2.42. The summed E-state index contributed by atoms with van der Waals surface area (Å²) >= 11 is 0. The number of ketones is 1. The Morgan fingerprint density at radius 3 is 2.04 bits per heavy atom. The zero-order valence-corrected chi connectivity index (χ0v) is 16.8. The minimum absolute atomic E-state index is 0.0314. The molecule has 0 aromatic rings. The van der Waals surface area contributed by atoms with Crippen molar-refractivity contribution in [3.63, 3.8) is 0 Å². The van der Waals surface area contributed by atoms with Gasteiger partial charge in [0.15, 0.2) is 5.78 Å². The van der Waals surface area contributed by atoms with Crippen LogP contribution < -0.4 is 5.43 Å². The number of allylic oxidation sites excluding steroid dienone is 2. The van der Waals surface area contributed by atoms with E-state index < -0.39 is 0 Å². The van der Waals surface area contributed by atoms with Crippen molar-refractivity contribution in [3.8, 4) is 0 Å². The highest BCUT2D eigenvalue weighted by Crippen LogP contribution is 2.33. The molecule has 1 N–H and O–H groups in total. The van der Waals surface area contributed by atoms with E-state index in [2.05, 4.69) is 65.1 Å². The number of nitrogens with one attached hydrogen (secondary N) is 1. The van der Waals surface area contributed by atoms with Crippen LogP contribution in [0.2, 0.25) is 0 Å². The Morgan fingerprint density at radius 1 is 1.09 bits per heavy atom. The summed E-state index contributed by atoms with van der Waals surface area (Å²) < 4.78 is 0. The lowest BCUT2D eigenvalue weighted by Gasteiger charge is -2.31. The maximum Gasteiger partial charge on any atom is 0.156 e. The van der Waals surface area contributed by atoms with E-state index in [4.69, 9.17) is 0 Å². The van der Waals surface area contributed by atoms with Crippen LogP contribution in [0.3, 0.4) is 0 Å². The van der Waals surface area contributed by atoms with E-state index in [0.717, 1.165) is 25.0 Å². The molecule has 0 amide bonds. The second-order valence-corrected chi connectivity index (χ2v) is 8.48. The Bertz CT molecular complexity index is 434. The Morgan fingerprint density at radius 2 is 1.65 bits per heavy atom. The van der Waals surface area contributed by atoms with E-state index in [1.165, 1.54) is 5.57 Å². The first-order chi connectivity index (χ1) is 10.4. The summed E-state index contributed by atoms with van der Waals surface area (Å²) in [5.41, 5.74) is 5.32. The smallest absolute Gasteiger partial charge is 0.156 e. The molecule has 0 rings (SSSR count). The zero-order chi connectivity index (χ0) is 18.3. The first kappa shape index (κ1) is 21.9. The molecule has 0 aliphatic rings. The van der Waals surface area contributed by atoms with Gasteiger partial charge in [0.2, 0.25) is 0 Å². The minimum atomic E-state index is -0.0702. The fraction of sp³-hybridized carbons (Fsp3) is 0.800. The highest BCUT2D eigenvalue weighted by atomic mass is 16.1. The fourth-order valence-electron chi connectivity index (χ4n) is 2.28. The highest BCUT2D eigenvalue weighted by Gasteiger charge is 2.30. The summed E-state index contributed by atoms with van der Waals surface area (Å²) in [6.45, 7) is 19.7. The number of hydrogen-bond donors (Lipinski definition) is 1. The fourth-order valence-corrected chi connectivity index (χ4v) is 2.28. The van der Waals surface area contributed by atoms with Crippen LogP contribution in [-0.2, 0) is 4.79 Å². The number of unbranched alkanes of at least 4 members (excludes halogenated alkanes) is 1. The molecule has 0 radical (unpaired) electrons. The zero-order valence-electron chi connectivity index (χ0n) is 16.8. The second-order valence-electron chi connectivity index (χ2n) is 8.48. The van der Waals surface area contributed by atoms with Gasteiger partial charge in [-0.25, -0.2) is 0 Å². The maximum absolute atomic E-state index is 12.0. The van der Waals surface area contributed by atoms with Gasteiger partial charge in [-0.05, 0) is 23.8 Å². The van der Waals surface area contributed by atoms with Crippen molar-refractivity contribution in [1.82, 2.24) is 5.43 Å². The van der Waals surface area contributed by atoms with Gasteiger partial charge in [0.1, 0.15) is 0 Å². The molecule has 0 fully saturated rings. The van der Waals surface area contributed by atoms with E-state index >= 15 is 0 Å². The van der Waals surface area contributed by atoms with Crippen LogP contribution in [-0.4, -0.2) is 18.0 Å². The third-order valence-electron chi connectivity index (χ3n) is 4.02. The maximum atomic E-state index is 12.0. The monoisotopic (exact) mass is 322 g/mol. The molecule has 0 aliphatic carbocycles. The first-order valence-electron chi connectivity index (χ1n) is 8.99. The van der Waals surface area contributed by atoms with Gasteiger partial charge in [-0.2, -0.15) is 5.10 Å². The van der Waals surface area contributed by atoms with Crippen LogP contribution in [0.4, 0.5) is 0 Å². The molecule has 0 aliphatic heterocycles. The number of carbonyl (C=O) groups excluding carboxylic acids is 1. The number of hydrogen-bond acceptors (Lipinski definition) is 3. The lowest BCUT2D eigenvalue weighted by Crippen LogP contribution is -2.32. The van der Waals surface area contributed by atoms with Gasteiger partial charge in [-0.15, -0.1) is 0 Å². The standard InChI is InChI=1S/C20H38N2O/c1-10-12-13-16(19(4,5)6)18(20(7,8)9)22-21-14-17(23)15(3)11-2/h13,15,21H,10-12,14H2,1-9H3/b16-13+,22-18+. The molecule has 0 saturated carbocycles. The van der Waals surface area contributed by atoms with Crippen LogP contribution in [0.1, 0.15) is 81.6 Å². The van der Waals surface area contributed by atoms with Crippen LogP contribution in [0.25, 0.3) is 0 Å². The summed E-state index contributed by atoms with van der Waals surface area (Å²) in [5, 5.41) is 4.65. The summed E-state index contributed by atoms with van der Waals surface area (Å²) in [5.74, 6) is 0.313. The summed E-state index contributed by atoms with van der Waals surface area (Å²) in [6.07, 6.45) is 5.35. The van der Waals surface area contributed by atoms with Crippen LogP contribution in [0, 0.1) is 16.7 Å². The largest absolute Gasteiger partial charge is 0.302 e. The Hall–Kier alpha value is -1.12. The van der Waals surface area contributed by atoms with Crippen molar-refractivity contribution < 1.29 is 4.79 Å². The molecule has 0 heterocycles. The summed E-state index contributed by atoms with van der Waals surface area (Å²) in [6, 6.07) is 0. The number of hydrazone groups is 1. The lowest BCUT2D eigenvalue weighted by atomic mass is 9.74. The van der Waals surface area contributed by atoms with E-state index in [1.807, 2.05) is 13.8 Å². The number of carbonyl (C=O) groups is 1. The molecular weight excluding hydrogens is 284 g/mol. The third kappa shape index (κ3) is 7.81. The van der Waals surface area contributed by atoms with Gasteiger partial charge >= 0.3 is 0 Å². The Kier molecular flexibility index (Phi) is 8.79. The third-order valence-corrected chi connectivity index (χ3v) is 4.02. The molecule has 0 bridgehead atoms. The molecule has 3 nitrogen and oxygen atoms in total. The van der Waals surface area contributed by atoms with Crippen LogP contribution >= 0.6 is 0 Å². The average molecular weight is 323 g/mol. The van der Waals surface area contributed by atoms with Crippen molar-refractivity contribution >= 4 is 11.5 Å². The number of Topliss-reactive ketones (excluding diaryl/α,β-unsaturated/α-hetero) is 1. The molecule has 3 heteroatoms. The van der Waals surface area contributed by atoms with E-state index in [-0.39, 0.29) is 22.5 Å². The van der Waals surface area contributed by atoms with E-state index in [0.29, 0.717) is 6.54 Å². The second kappa shape index (κ2) is 9.24. The van der Waals surface area contributed by atoms with Crippen molar-refractivity contribution in [3.05, 3.63) is 11.6 Å². The topological polar surface area (TPSA) is 41.5 Å². The Balaban J connectivity index is 5.43. The van der Waals surface area contributed by atoms with Crippen molar-refractivity contribution in [2.75, 3.05) is 6.54 Å². The Labute approximate surface area is 144 Å². The van der Waals surface area contributed by atoms with Gasteiger partial charge < -0.3 is 5.43 Å². The number of nitrogens with zero attached hydrogens (tertiary/aromatic N) is 1. The van der Waals surface area contributed by atoms with E-state index in [9.17, 15) is 4.79 Å². The summed E-state index contributed by atoms with van der Waals surface area (Å²) in [4.78, 5) is 12.0. The van der Waals surface area contributed by atoms with Crippen molar-refractivity contribution in [2.24, 2.45) is 21.8 Å². The molecule has 1 atom stereocenters. The number of rotatable bonds is 8. The van der Waals surface area contributed by atoms with Crippen LogP contribution in [0.5, 0.6) is 0 Å². The molecule has 0 aromatic heterocycles. The molecule has 134 valence electrons.